The molecule has 0 saturated carbocycles. The second kappa shape index (κ2) is 7.12. The van der Waals surface area contributed by atoms with Gasteiger partial charge in [0.15, 0.2) is 5.76 Å². The second-order valence-corrected chi connectivity index (χ2v) is 4.34. The van der Waals surface area contributed by atoms with Gasteiger partial charge in [0.05, 0.1) is 13.4 Å². The van der Waals surface area contributed by atoms with Crippen LogP contribution in [0.25, 0.3) is 6.08 Å². The average Bonchev–Trinajstić information content (AvgIpc) is 3.08. The molecule has 0 unspecified atom stereocenters. The van der Waals surface area contributed by atoms with Crippen LogP contribution in [-0.4, -0.2) is 26.0 Å². The molecule has 2 aromatic rings. The van der Waals surface area contributed by atoms with Crippen molar-refractivity contribution >= 4 is 17.9 Å². The molecule has 0 radical (unpaired) electrons. The van der Waals surface area contributed by atoms with Crippen LogP contribution in [0.15, 0.2) is 52.8 Å². The number of hydrogen-bond donors (Lipinski definition) is 2. The second-order valence-electron chi connectivity index (χ2n) is 4.34. The summed E-state index contributed by atoms with van der Waals surface area (Å²) in [5.74, 6) is -0.0631. The molecule has 1 aromatic carbocycles. The van der Waals surface area contributed by atoms with Gasteiger partial charge in [-0.05, 0) is 35.9 Å². The number of amides is 2. The number of hydrogen-bond acceptors (Lipinski definition) is 4. The average molecular weight is 300 g/mol. The Balaban J connectivity index is 2.23. The van der Waals surface area contributed by atoms with E-state index in [1.807, 2.05) is 0 Å². The van der Waals surface area contributed by atoms with Crippen LogP contribution < -0.4 is 15.4 Å². The third-order valence-electron chi connectivity index (χ3n) is 2.89. The van der Waals surface area contributed by atoms with Crippen molar-refractivity contribution in [2.75, 3.05) is 14.2 Å². The van der Waals surface area contributed by atoms with E-state index in [1.165, 1.54) is 19.4 Å². The molecule has 2 rings (SSSR count). The zero-order valence-corrected chi connectivity index (χ0v) is 12.3. The Hall–Kier alpha value is -3.02. The lowest BCUT2D eigenvalue weighted by Gasteiger charge is -2.08. The van der Waals surface area contributed by atoms with Crippen LogP contribution in [0.5, 0.6) is 5.75 Å². The lowest BCUT2D eigenvalue weighted by atomic mass is 10.1. The summed E-state index contributed by atoms with van der Waals surface area (Å²) in [5.41, 5.74) is 0.869. The summed E-state index contributed by atoms with van der Waals surface area (Å²) in [5, 5.41) is 5.01. The van der Waals surface area contributed by atoms with Crippen LogP contribution in [0, 0.1) is 0 Å². The molecule has 0 fully saturated rings. The number of nitrogens with one attached hydrogen (secondary N) is 2. The molecule has 0 spiro atoms. The lowest BCUT2D eigenvalue weighted by Crippen LogP contribution is -2.32. The number of rotatable bonds is 5. The van der Waals surface area contributed by atoms with Gasteiger partial charge in [-0.15, -0.1) is 0 Å². The zero-order valence-electron chi connectivity index (χ0n) is 12.3. The highest BCUT2D eigenvalue weighted by Crippen LogP contribution is 2.14. The molecule has 0 saturated heterocycles. The summed E-state index contributed by atoms with van der Waals surface area (Å²) in [6.45, 7) is 0. The molecule has 2 N–H and O–H groups in total. The summed E-state index contributed by atoms with van der Waals surface area (Å²) in [6.07, 6.45) is 2.96. The molecule has 2 amide bonds. The van der Waals surface area contributed by atoms with Gasteiger partial charge >= 0.3 is 0 Å². The van der Waals surface area contributed by atoms with E-state index in [9.17, 15) is 9.59 Å². The van der Waals surface area contributed by atoms with E-state index in [0.29, 0.717) is 5.75 Å². The van der Waals surface area contributed by atoms with Gasteiger partial charge in [0.1, 0.15) is 11.4 Å². The number of benzene rings is 1. The molecule has 0 aliphatic rings. The van der Waals surface area contributed by atoms with E-state index >= 15 is 0 Å². The normalized spacial score (nSPS) is 10.9. The summed E-state index contributed by atoms with van der Waals surface area (Å²) >= 11 is 0. The first kappa shape index (κ1) is 15.4. The van der Waals surface area contributed by atoms with Gasteiger partial charge < -0.3 is 19.8 Å². The highest BCUT2D eigenvalue weighted by atomic mass is 16.5. The predicted octanol–water partition coefficient (Wildman–Crippen LogP) is 1.81. The van der Waals surface area contributed by atoms with Crippen molar-refractivity contribution in [3.63, 3.8) is 0 Å². The Kier molecular flexibility index (Phi) is 4.98. The first-order valence-corrected chi connectivity index (χ1v) is 6.56. The molecular formula is C16H16N2O4. The first-order valence-electron chi connectivity index (χ1n) is 6.56. The molecule has 6 nitrogen and oxygen atoms in total. The smallest absolute Gasteiger partial charge is 0.291 e. The van der Waals surface area contributed by atoms with Crippen molar-refractivity contribution in [3.8, 4) is 5.75 Å². The minimum atomic E-state index is -0.492. The van der Waals surface area contributed by atoms with E-state index in [0.717, 1.165) is 5.56 Å². The Morgan fingerprint density at radius 1 is 1.18 bits per heavy atom. The van der Waals surface area contributed by atoms with Crippen LogP contribution in [0.2, 0.25) is 0 Å². The van der Waals surface area contributed by atoms with Crippen molar-refractivity contribution in [3.05, 3.63) is 59.7 Å². The minimum absolute atomic E-state index is 0.120. The van der Waals surface area contributed by atoms with Crippen molar-refractivity contribution < 1.29 is 18.7 Å². The van der Waals surface area contributed by atoms with Crippen LogP contribution in [-0.2, 0) is 4.79 Å². The number of likely N-dealkylation sites (N-methyl/N-ethyl adjacent to an activating group) is 1. The Morgan fingerprint density at radius 3 is 2.45 bits per heavy atom. The van der Waals surface area contributed by atoms with Crippen molar-refractivity contribution in [2.24, 2.45) is 0 Å². The molecule has 0 bridgehead atoms. The van der Waals surface area contributed by atoms with E-state index in [4.69, 9.17) is 9.15 Å². The minimum Gasteiger partial charge on any atom is -0.497 e. The third kappa shape index (κ3) is 3.76. The summed E-state index contributed by atoms with van der Waals surface area (Å²) in [6, 6.07) is 10.2. The maximum absolute atomic E-state index is 12.0. The van der Waals surface area contributed by atoms with Crippen LogP contribution >= 0.6 is 0 Å². The van der Waals surface area contributed by atoms with Gasteiger partial charge in [0, 0.05) is 7.05 Å². The SMILES string of the molecule is CNC(=O)C(=Cc1ccc(OC)cc1)NC(=O)c1ccco1. The number of carbonyl (C=O) groups excluding carboxylic acids is 2. The van der Waals surface area contributed by atoms with E-state index in [2.05, 4.69) is 10.6 Å². The Labute approximate surface area is 127 Å². The van der Waals surface area contributed by atoms with E-state index < -0.39 is 11.8 Å². The molecule has 1 aromatic heterocycles. The fraction of sp³-hybridized carbons (Fsp3) is 0.125. The van der Waals surface area contributed by atoms with Gasteiger partial charge in [0.25, 0.3) is 11.8 Å². The maximum atomic E-state index is 12.0. The highest BCUT2D eigenvalue weighted by molar-refractivity contribution is 6.04. The number of carbonyl (C=O) groups is 2. The maximum Gasteiger partial charge on any atom is 0.291 e. The van der Waals surface area contributed by atoms with Crippen LogP contribution in [0.1, 0.15) is 16.1 Å². The summed E-state index contributed by atoms with van der Waals surface area (Å²) < 4.78 is 10.1. The lowest BCUT2D eigenvalue weighted by molar-refractivity contribution is -0.117. The van der Waals surface area contributed by atoms with Gasteiger partial charge in [-0.2, -0.15) is 0 Å². The Morgan fingerprint density at radius 2 is 1.91 bits per heavy atom. The quantitative estimate of drug-likeness (QED) is 0.825. The Bertz CT molecular complexity index is 673. The monoisotopic (exact) mass is 300 g/mol. The van der Waals surface area contributed by atoms with Gasteiger partial charge in [0.2, 0.25) is 0 Å². The molecule has 0 aliphatic heterocycles. The first-order chi connectivity index (χ1) is 10.6. The molecular weight excluding hydrogens is 284 g/mol. The van der Waals surface area contributed by atoms with Gasteiger partial charge in [-0.3, -0.25) is 9.59 Å². The van der Waals surface area contributed by atoms with E-state index in [1.54, 1.807) is 43.5 Å². The molecule has 0 atom stereocenters. The molecule has 22 heavy (non-hydrogen) atoms. The molecule has 114 valence electrons. The molecule has 6 heteroatoms. The zero-order chi connectivity index (χ0) is 15.9. The van der Waals surface area contributed by atoms with Crippen molar-refractivity contribution in [2.45, 2.75) is 0 Å². The molecule has 0 aliphatic carbocycles. The summed E-state index contributed by atoms with van der Waals surface area (Å²) in [4.78, 5) is 23.9. The number of methoxy groups -OCH3 is 1. The van der Waals surface area contributed by atoms with Crippen molar-refractivity contribution in [1.82, 2.24) is 10.6 Å². The van der Waals surface area contributed by atoms with Gasteiger partial charge in [-0.25, -0.2) is 0 Å². The van der Waals surface area contributed by atoms with Crippen molar-refractivity contribution in [1.29, 1.82) is 0 Å². The number of ether oxygens (including phenoxy) is 1. The van der Waals surface area contributed by atoms with Crippen LogP contribution in [0.4, 0.5) is 0 Å². The predicted molar refractivity (Wildman–Crippen MR) is 81.2 cm³/mol. The van der Waals surface area contributed by atoms with Crippen LogP contribution in [0.3, 0.4) is 0 Å². The fourth-order valence-electron chi connectivity index (χ4n) is 1.75. The number of furan rings is 1. The third-order valence-corrected chi connectivity index (χ3v) is 2.89. The van der Waals surface area contributed by atoms with E-state index in [-0.39, 0.29) is 11.5 Å². The largest absolute Gasteiger partial charge is 0.497 e. The summed E-state index contributed by atoms with van der Waals surface area (Å²) in [7, 11) is 3.06. The topological polar surface area (TPSA) is 80.6 Å². The standard InChI is InChI=1S/C16H16N2O4/c1-17-15(19)13(18-16(20)14-4-3-9-22-14)10-11-5-7-12(21-2)8-6-11/h3-10H,1-2H3,(H,17,19)(H,18,20). The highest BCUT2D eigenvalue weighted by Gasteiger charge is 2.15. The molecule has 1 heterocycles. The van der Waals surface area contributed by atoms with Gasteiger partial charge in [-0.1, -0.05) is 12.1 Å². The fourth-order valence-corrected chi connectivity index (χ4v) is 1.75.